The molecule has 3 atom stereocenters. The SMILES string of the molecule is CC(C)(C)C(CCO)NC(=O)C1CCCCC1N. The minimum atomic E-state index is -0.0534. The molecule has 106 valence electrons. The smallest absolute Gasteiger partial charge is 0.224 e. The van der Waals surface area contributed by atoms with E-state index in [0.717, 1.165) is 25.7 Å². The Morgan fingerprint density at radius 1 is 1.39 bits per heavy atom. The van der Waals surface area contributed by atoms with E-state index in [4.69, 9.17) is 10.8 Å². The second kappa shape index (κ2) is 6.53. The van der Waals surface area contributed by atoms with Crippen LogP contribution in [0.5, 0.6) is 0 Å². The normalized spacial score (nSPS) is 26.7. The van der Waals surface area contributed by atoms with Crippen molar-refractivity contribution in [2.45, 2.75) is 65.0 Å². The van der Waals surface area contributed by atoms with E-state index in [0.29, 0.717) is 6.42 Å². The summed E-state index contributed by atoms with van der Waals surface area (Å²) in [6, 6.07) is -0.00220. The zero-order valence-corrected chi connectivity index (χ0v) is 11.9. The zero-order valence-electron chi connectivity index (χ0n) is 11.9. The van der Waals surface area contributed by atoms with Crippen LogP contribution in [-0.2, 0) is 4.79 Å². The van der Waals surface area contributed by atoms with Gasteiger partial charge >= 0.3 is 0 Å². The van der Waals surface area contributed by atoms with Gasteiger partial charge in [0.25, 0.3) is 0 Å². The lowest BCUT2D eigenvalue weighted by molar-refractivity contribution is -0.128. The molecule has 0 aromatic heterocycles. The Morgan fingerprint density at radius 3 is 2.50 bits per heavy atom. The van der Waals surface area contributed by atoms with Crippen molar-refractivity contribution in [3.05, 3.63) is 0 Å². The van der Waals surface area contributed by atoms with Gasteiger partial charge in [0.15, 0.2) is 0 Å². The summed E-state index contributed by atoms with van der Waals surface area (Å²) in [5.41, 5.74) is 5.98. The summed E-state index contributed by atoms with van der Waals surface area (Å²) in [6.07, 6.45) is 4.65. The third-order valence-electron chi connectivity index (χ3n) is 3.94. The second-order valence-electron chi connectivity index (χ2n) is 6.49. The third-order valence-corrected chi connectivity index (χ3v) is 3.94. The molecule has 1 amide bonds. The lowest BCUT2D eigenvalue weighted by Crippen LogP contribution is -2.50. The van der Waals surface area contributed by atoms with E-state index in [1.165, 1.54) is 0 Å². The number of aliphatic hydroxyl groups excluding tert-OH is 1. The van der Waals surface area contributed by atoms with Crippen LogP contribution < -0.4 is 11.1 Å². The highest BCUT2D eigenvalue weighted by molar-refractivity contribution is 5.79. The molecule has 1 aliphatic rings. The Bertz CT molecular complexity index is 273. The number of nitrogens with one attached hydrogen (secondary N) is 1. The number of carbonyl (C=O) groups is 1. The van der Waals surface area contributed by atoms with Crippen molar-refractivity contribution in [1.29, 1.82) is 0 Å². The van der Waals surface area contributed by atoms with Gasteiger partial charge in [0.1, 0.15) is 0 Å². The topological polar surface area (TPSA) is 75.3 Å². The highest BCUT2D eigenvalue weighted by Crippen LogP contribution is 2.26. The summed E-state index contributed by atoms with van der Waals surface area (Å²) < 4.78 is 0. The molecule has 0 radical (unpaired) electrons. The van der Waals surface area contributed by atoms with Crippen LogP contribution in [0.25, 0.3) is 0 Å². The maximum absolute atomic E-state index is 12.3. The van der Waals surface area contributed by atoms with Gasteiger partial charge in [-0.3, -0.25) is 4.79 Å². The number of carbonyl (C=O) groups excluding carboxylic acids is 1. The minimum absolute atomic E-state index is 0.00382. The van der Waals surface area contributed by atoms with Crippen LogP contribution in [0.3, 0.4) is 0 Å². The molecule has 0 saturated heterocycles. The van der Waals surface area contributed by atoms with Gasteiger partial charge in [0.2, 0.25) is 5.91 Å². The minimum Gasteiger partial charge on any atom is -0.396 e. The largest absolute Gasteiger partial charge is 0.396 e. The molecule has 0 aromatic carbocycles. The lowest BCUT2D eigenvalue weighted by atomic mass is 9.82. The van der Waals surface area contributed by atoms with Crippen LogP contribution in [0.1, 0.15) is 52.9 Å². The number of amides is 1. The molecule has 0 aliphatic heterocycles. The van der Waals surface area contributed by atoms with Gasteiger partial charge in [-0.25, -0.2) is 0 Å². The molecular weight excluding hydrogens is 228 g/mol. The van der Waals surface area contributed by atoms with Gasteiger partial charge in [-0.05, 0) is 24.7 Å². The maximum atomic E-state index is 12.3. The standard InChI is InChI=1S/C14H28N2O2/c1-14(2,3)12(8-9-17)16-13(18)10-6-4-5-7-11(10)15/h10-12,17H,4-9,15H2,1-3H3,(H,16,18). The summed E-state index contributed by atoms with van der Waals surface area (Å²) in [4.78, 5) is 12.3. The first kappa shape index (κ1) is 15.4. The van der Waals surface area contributed by atoms with Crippen molar-refractivity contribution in [1.82, 2.24) is 5.32 Å². The first-order valence-corrected chi connectivity index (χ1v) is 7.03. The van der Waals surface area contributed by atoms with E-state index in [9.17, 15) is 4.79 Å². The molecular formula is C14H28N2O2. The molecule has 1 fully saturated rings. The molecule has 4 heteroatoms. The van der Waals surface area contributed by atoms with E-state index >= 15 is 0 Å². The number of aliphatic hydroxyl groups is 1. The van der Waals surface area contributed by atoms with Gasteiger partial charge in [0.05, 0.1) is 5.92 Å². The van der Waals surface area contributed by atoms with Crippen LogP contribution in [0, 0.1) is 11.3 Å². The molecule has 0 spiro atoms. The van der Waals surface area contributed by atoms with E-state index in [1.54, 1.807) is 0 Å². The summed E-state index contributed by atoms with van der Waals surface area (Å²) in [6.45, 7) is 6.33. The highest BCUT2D eigenvalue weighted by atomic mass is 16.3. The third kappa shape index (κ3) is 4.25. The van der Waals surface area contributed by atoms with E-state index in [1.807, 2.05) is 0 Å². The quantitative estimate of drug-likeness (QED) is 0.712. The number of nitrogens with two attached hydrogens (primary N) is 1. The van der Waals surface area contributed by atoms with Gasteiger partial charge < -0.3 is 16.2 Å². The highest BCUT2D eigenvalue weighted by Gasteiger charge is 2.32. The Morgan fingerprint density at radius 2 is 2.00 bits per heavy atom. The second-order valence-corrected chi connectivity index (χ2v) is 6.49. The summed E-state index contributed by atoms with van der Waals surface area (Å²) in [5.74, 6) is 0.0119. The van der Waals surface area contributed by atoms with E-state index in [2.05, 4.69) is 26.1 Å². The fourth-order valence-corrected chi connectivity index (χ4v) is 2.61. The van der Waals surface area contributed by atoms with E-state index in [-0.39, 0.29) is 35.9 Å². The maximum Gasteiger partial charge on any atom is 0.224 e. The van der Waals surface area contributed by atoms with Gasteiger partial charge in [0, 0.05) is 18.7 Å². The Labute approximate surface area is 110 Å². The van der Waals surface area contributed by atoms with Crippen LogP contribution in [0.4, 0.5) is 0 Å². The number of hydrogen-bond acceptors (Lipinski definition) is 3. The molecule has 4 N–H and O–H groups in total. The van der Waals surface area contributed by atoms with Crippen LogP contribution >= 0.6 is 0 Å². The van der Waals surface area contributed by atoms with Crippen LogP contribution in [-0.4, -0.2) is 29.7 Å². The average Bonchev–Trinajstić information content (AvgIpc) is 2.27. The molecule has 1 aliphatic carbocycles. The average molecular weight is 256 g/mol. The Balaban J connectivity index is 2.60. The summed E-state index contributed by atoms with van der Waals surface area (Å²) in [7, 11) is 0. The lowest BCUT2D eigenvalue weighted by Gasteiger charge is -2.34. The van der Waals surface area contributed by atoms with E-state index < -0.39 is 0 Å². The summed E-state index contributed by atoms with van der Waals surface area (Å²) in [5, 5.41) is 12.2. The van der Waals surface area contributed by atoms with Crippen molar-refractivity contribution in [2.24, 2.45) is 17.1 Å². The molecule has 4 nitrogen and oxygen atoms in total. The monoisotopic (exact) mass is 256 g/mol. The molecule has 3 unspecified atom stereocenters. The number of rotatable bonds is 4. The summed E-state index contributed by atoms with van der Waals surface area (Å²) >= 11 is 0. The van der Waals surface area contributed by atoms with Crippen LogP contribution in [0.15, 0.2) is 0 Å². The molecule has 0 bridgehead atoms. The van der Waals surface area contributed by atoms with Crippen molar-refractivity contribution in [3.8, 4) is 0 Å². The van der Waals surface area contributed by atoms with Crippen molar-refractivity contribution >= 4 is 5.91 Å². The molecule has 0 aromatic rings. The predicted octanol–water partition coefficient (Wildman–Crippen LogP) is 1.42. The first-order valence-electron chi connectivity index (χ1n) is 7.03. The van der Waals surface area contributed by atoms with Gasteiger partial charge in [-0.2, -0.15) is 0 Å². The van der Waals surface area contributed by atoms with Crippen LogP contribution in [0.2, 0.25) is 0 Å². The first-order chi connectivity index (χ1) is 8.36. The van der Waals surface area contributed by atoms with Crippen molar-refractivity contribution < 1.29 is 9.90 Å². The number of hydrogen-bond donors (Lipinski definition) is 3. The van der Waals surface area contributed by atoms with Crippen molar-refractivity contribution in [3.63, 3.8) is 0 Å². The zero-order chi connectivity index (χ0) is 13.8. The molecule has 18 heavy (non-hydrogen) atoms. The van der Waals surface area contributed by atoms with Crippen molar-refractivity contribution in [2.75, 3.05) is 6.61 Å². The Hall–Kier alpha value is -0.610. The Kier molecular flexibility index (Phi) is 5.60. The van der Waals surface area contributed by atoms with Gasteiger partial charge in [-0.15, -0.1) is 0 Å². The fraction of sp³-hybridized carbons (Fsp3) is 0.929. The predicted molar refractivity (Wildman–Crippen MR) is 73.0 cm³/mol. The molecule has 1 saturated carbocycles. The molecule has 0 heterocycles. The van der Waals surface area contributed by atoms with Gasteiger partial charge in [-0.1, -0.05) is 33.6 Å². The fourth-order valence-electron chi connectivity index (χ4n) is 2.61. The molecule has 1 rings (SSSR count).